The summed E-state index contributed by atoms with van der Waals surface area (Å²) in [5, 5.41) is 0. The lowest BCUT2D eigenvalue weighted by molar-refractivity contribution is -0.128. The Morgan fingerprint density at radius 2 is 1.40 bits per heavy atom. The first-order valence-corrected chi connectivity index (χ1v) is 5.46. The summed E-state index contributed by atoms with van der Waals surface area (Å²) in [4.78, 5) is 19.5. The molecule has 0 amide bonds. The minimum Gasteiger partial charge on any atom is -0.468 e. The van der Waals surface area contributed by atoms with Crippen LogP contribution in [0.5, 0.6) is 0 Å². The van der Waals surface area contributed by atoms with E-state index < -0.39 is 0 Å². The van der Waals surface area contributed by atoms with Crippen molar-refractivity contribution >= 4 is 12.9 Å². The van der Waals surface area contributed by atoms with Crippen LogP contribution in [0, 0.1) is 0 Å². The molecule has 0 rings (SSSR count). The third-order valence-electron chi connectivity index (χ3n) is 2.14. The second-order valence-electron chi connectivity index (χ2n) is 3.37. The minimum absolute atomic E-state index is 0.483. The van der Waals surface area contributed by atoms with Gasteiger partial charge in [-0.3, -0.25) is 4.79 Å². The average molecular weight is 215 g/mol. The molecule has 0 heterocycles. The fraction of sp³-hybridized carbons (Fsp3) is 0.818. The number of hydrogen-bond donors (Lipinski definition) is 0. The molecule has 15 heavy (non-hydrogen) atoms. The highest BCUT2D eigenvalue weighted by Crippen LogP contribution is 2.07. The molecular weight excluding hydrogens is 196 g/mol. The molecule has 4 heteroatoms. The van der Waals surface area contributed by atoms with E-state index in [-0.39, 0.29) is 0 Å². The first-order chi connectivity index (χ1) is 7.41. The standard InChI is InChI=1S/C11H19O4/c12-10-14-8-6-4-2-1-3-5-7-9-15-11-13/h10H,1-9H2. The van der Waals surface area contributed by atoms with Crippen LogP contribution < -0.4 is 0 Å². The van der Waals surface area contributed by atoms with Crippen LogP contribution in [0.15, 0.2) is 0 Å². The summed E-state index contributed by atoms with van der Waals surface area (Å²) in [6.45, 7) is 2.91. The van der Waals surface area contributed by atoms with Crippen molar-refractivity contribution in [3.05, 3.63) is 0 Å². The van der Waals surface area contributed by atoms with Gasteiger partial charge in [-0.2, -0.15) is 0 Å². The van der Waals surface area contributed by atoms with Crippen molar-refractivity contribution in [1.29, 1.82) is 0 Å². The lowest BCUT2D eigenvalue weighted by Gasteiger charge is -2.01. The topological polar surface area (TPSA) is 52.6 Å². The van der Waals surface area contributed by atoms with Gasteiger partial charge < -0.3 is 9.47 Å². The van der Waals surface area contributed by atoms with Crippen molar-refractivity contribution in [2.45, 2.75) is 44.9 Å². The molecule has 0 fully saturated rings. The van der Waals surface area contributed by atoms with E-state index in [1.165, 1.54) is 19.3 Å². The van der Waals surface area contributed by atoms with Crippen molar-refractivity contribution in [3.63, 3.8) is 0 Å². The van der Waals surface area contributed by atoms with Gasteiger partial charge in [-0.05, 0) is 12.8 Å². The summed E-state index contributed by atoms with van der Waals surface area (Å²) in [7, 11) is 0. The Balaban J connectivity index is 2.86. The fourth-order valence-electron chi connectivity index (χ4n) is 1.33. The number of carbonyl (C=O) groups excluding carboxylic acids is 2. The van der Waals surface area contributed by atoms with E-state index >= 15 is 0 Å². The molecule has 0 aliphatic heterocycles. The molecule has 0 aromatic heterocycles. The van der Waals surface area contributed by atoms with E-state index in [0.717, 1.165) is 32.1 Å². The second-order valence-corrected chi connectivity index (χ2v) is 3.37. The molecule has 0 aliphatic rings. The Morgan fingerprint density at radius 1 is 0.867 bits per heavy atom. The Kier molecular flexibility index (Phi) is 12.0. The quantitative estimate of drug-likeness (QED) is 0.369. The van der Waals surface area contributed by atoms with Crippen LogP contribution in [-0.2, 0) is 19.1 Å². The van der Waals surface area contributed by atoms with Gasteiger partial charge in [-0.25, -0.2) is 4.79 Å². The van der Waals surface area contributed by atoms with E-state index in [1.807, 2.05) is 0 Å². The maximum absolute atomic E-state index is 9.80. The smallest absolute Gasteiger partial charge is 0.417 e. The van der Waals surface area contributed by atoms with Crippen LogP contribution in [0.4, 0.5) is 0 Å². The van der Waals surface area contributed by atoms with Crippen molar-refractivity contribution < 1.29 is 19.1 Å². The maximum atomic E-state index is 9.80. The van der Waals surface area contributed by atoms with Crippen LogP contribution in [0.3, 0.4) is 0 Å². The van der Waals surface area contributed by atoms with Crippen LogP contribution >= 0.6 is 0 Å². The molecule has 0 aromatic carbocycles. The van der Waals surface area contributed by atoms with E-state index in [9.17, 15) is 9.59 Å². The summed E-state index contributed by atoms with van der Waals surface area (Å²) in [5.41, 5.74) is 0. The van der Waals surface area contributed by atoms with Crippen LogP contribution in [0.2, 0.25) is 0 Å². The van der Waals surface area contributed by atoms with Gasteiger partial charge in [0.25, 0.3) is 6.47 Å². The third-order valence-corrected chi connectivity index (χ3v) is 2.14. The number of hydrogen-bond acceptors (Lipinski definition) is 4. The summed E-state index contributed by atoms with van der Waals surface area (Å²) < 4.78 is 9.02. The van der Waals surface area contributed by atoms with Crippen LogP contribution in [0.1, 0.15) is 44.9 Å². The summed E-state index contributed by atoms with van der Waals surface area (Å²) >= 11 is 0. The highest BCUT2D eigenvalue weighted by Gasteiger charge is 1.92. The van der Waals surface area contributed by atoms with Gasteiger partial charge >= 0.3 is 6.47 Å². The summed E-state index contributed by atoms with van der Waals surface area (Å²) in [5.74, 6) is 0. The minimum atomic E-state index is 0.483. The zero-order valence-corrected chi connectivity index (χ0v) is 9.07. The van der Waals surface area contributed by atoms with E-state index in [4.69, 9.17) is 0 Å². The molecule has 0 aromatic rings. The predicted molar refractivity (Wildman–Crippen MR) is 56.0 cm³/mol. The Bertz CT molecular complexity index is 132. The lowest BCUT2D eigenvalue weighted by Crippen LogP contribution is -1.92. The van der Waals surface area contributed by atoms with E-state index in [2.05, 4.69) is 9.47 Å². The molecule has 0 unspecified atom stereocenters. The van der Waals surface area contributed by atoms with Gasteiger partial charge in [0.2, 0.25) is 0 Å². The predicted octanol–water partition coefficient (Wildman–Crippen LogP) is 1.97. The van der Waals surface area contributed by atoms with E-state index in [1.54, 1.807) is 0 Å². The first kappa shape index (κ1) is 13.9. The molecule has 1 radical (unpaired) electrons. The molecule has 0 bridgehead atoms. The highest BCUT2D eigenvalue weighted by atomic mass is 16.5. The molecule has 0 atom stereocenters. The van der Waals surface area contributed by atoms with Gasteiger partial charge in [0.05, 0.1) is 13.2 Å². The van der Waals surface area contributed by atoms with Gasteiger partial charge in [-0.1, -0.05) is 32.1 Å². The zero-order chi connectivity index (χ0) is 11.2. The maximum Gasteiger partial charge on any atom is 0.417 e. The molecule has 87 valence electrons. The van der Waals surface area contributed by atoms with Crippen LogP contribution in [0.25, 0.3) is 0 Å². The average Bonchev–Trinajstić information content (AvgIpc) is 2.26. The second kappa shape index (κ2) is 12.9. The number of unbranched alkanes of at least 4 members (excludes halogenated alkanes) is 6. The molecule has 4 nitrogen and oxygen atoms in total. The molecule has 0 spiro atoms. The fourth-order valence-corrected chi connectivity index (χ4v) is 1.33. The van der Waals surface area contributed by atoms with Crippen molar-refractivity contribution in [3.8, 4) is 0 Å². The van der Waals surface area contributed by atoms with Gasteiger partial charge in [0, 0.05) is 0 Å². The Hall–Kier alpha value is -1.06. The van der Waals surface area contributed by atoms with Crippen molar-refractivity contribution in [2.24, 2.45) is 0 Å². The normalized spacial score (nSPS) is 9.60. The SMILES string of the molecule is O=[C]OCCCCCCCCCOC=O. The first-order valence-electron chi connectivity index (χ1n) is 5.46. The van der Waals surface area contributed by atoms with Crippen molar-refractivity contribution in [2.75, 3.05) is 13.2 Å². The summed E-state index contributed by atoms with van der Waals surface area (Å²) in [6, 6.07) is 0. The molecular formula is C11H19O4. The number of rotatable bonds is 12. The number of carbonyl (C=O) groups is 1. The number of ether oxygens (including phenoxy) is 2. The van der Waals surface area contributed by atoms with Gasteiger partial charge in [-0.15, -0.1) is 0 Å². The molecule has 0 saturated carbocycles. The highest BCUT2D eigenvalue weighted by molar-refractivity contribution is 5.38. The van der Waals surface area contributed by atoms with Gasteiger partial charge in [0.15, 0.2) is 0 Å². The Labute approximate surface area is 90.9 Å². The third kappa shape index (κ3) is 12.9. The largest absolute Gasteiger partial charge is 0.468 e. The molecule has 0 N–H and O–H groups in total. The summed E-state index contributed by atoms with van der Waals surface area (Å²) in [6.07, 6.45) is 7.58. The molecule has 0 saturated heterocycles. The van der Waals surface area contributed by atoms with Crippen molar-refractivity contribution in [1.82, 2.24) is 0 Å². The lowest BCUT2D eigenvalue weighted by atomic mass is 10.1. The monoisotopic (exact) mass is 215 g/mol. The Morgan fingerprint density at radius 3 is 1.93 bits per heavy atom. The molecule has 0 aliphatic carbocycles. The zero-order valence-electron chi connectivity index (χ0n) is 9.07. The van der Waals surface area contributed by atoms with Gasteiger partial charge in [0.1, 0.15) is 0 Å². The van der Waals surface area contributed by atoms with Crippen LogP contribution in [-0.4, -0.2) is 26.2 Å². The van der Waals surface area contributed by atoms with E-state index in [0.29, 0.717) is 19.7 Å².